The van der Waals surface area contributed by atoms with Crippen molar-refractivity contribution in [3.8, 4) is 22.3 Å². The van der Waals surface area contributed by atoms with Gasteiger partial charge in [0.25, 0.3) is 0 Å². The fraction of sp³-hybridized carbons (Fsp3) is 0.118. The van der Waals surface area contributed by atoms with Gasteiger partial charge in [0, 0.05) is 22.2 Å². The lowest BCUT2D eigenvalue weighted by Gasteiger charge is -2.23. The number of furan rings is 1. The molecule has 0 aliphatic heterocycles. The second-order valence-corrected chi connectivity index (χ2v) is 10.3. The van der Waals surface area contributed by atoms with Gasteiger partial charge in [-0.15, -0.1) is 0 Å². The molecule has 1 N–H and O–H groups in total. The molecule has 0 unspecified atom stereocenters. The Morgan fingerprint density at radius 2 is 1.19 bits per heavy atom. The van der Waals surface area contributed by atoms with E-state index in [1.807, 2.05) is 12.1 Å². The van der Waals surface area contributed by atoms with Crippen LogP contribution in [0.1, 0.15) is 26.3 Å². The average molecular weight is 468 g/mol. The standard InChI is InChI=1S/C34H29NO/c1-34(2,3)29-22-28(25-14-8-5-9-15-25)32(31-27-16-10-11-17-30(27)36-33(29)31)35-26-20-18-24(19-21-26)23-12-6-4-7-13-23/h4-22,35H,1-3H3. The third-order valence-electron chi connectivity index (χ3n) is 6.80. The highest BCUT2D eigenvalue weighted by Crippen LogP contribution is 2.46. The Balaban J connectivity index is 1.59. The summed E-state index contributed by atoms with van der Waals surface area (Å²) in [6, 6.07) is 40.4. The van der Waals surface area contributed by atoms with E-state index in [1.54, 1.807) is 0 Å². The first-order chi connectivity index (χ1) is 17.5. The predicted molar refractivity (Wildman–Crippen MR) is 153 cm³/mol. The largest absolute Gasteiger partial charge is 0.456 e. The zero-order chi connectivity index (χ0) is 24.7. The van der Waals surface area contributed by atoms with Crippen LogP contribution in [0.3, 0.4) is 0 Å². The van der Waals surface area contributed by atoms with Gasteiger partial charge >= 0.3 is 0 Å². The Morgan fingerprint density at radius 3 is 1.86 bits per heavy atom. The third kappa shape index (κ3) is 3.95. The maximum Gasteiger partial charge on any atom is 0.141 e. The topological polar surface area (TPSA) is 25.2 Å². The van der Waals surface area contributed by atoms with Gasteiger partial charge in [0.15, 0.2) is 0 Å². The SMILES string of the molecule is CC(C)(C)c1cc(-c2ccccc2)c(Nc2ccc(-c3ccccc3)cc2)c2c1oc1ccccc12. The van der Waals surface area contributed by atoms with Crippen molar-refractivity contribution < 1.29 is 4.42 Å². The van der Waals surface area contributed by atoms with E-state index < -0.39 is 0 Å². The van der Waals surface area contributed by atoms with Crippen molar-refractivity contribution in [2.24, 2.45) is 0 Å². The van der Waals surface area contributed by atoms with Crippen LogP contribution in [0.2, 0.25) is 0 Å². The lowest BCUT2D eigenvalue weighted by Crippen LogP contribution is -2.12. The fourth-order valence-corrected chi connectivity index (χ4v) is 4.95. The normalized spacial score (nSPS) is 11.8. The predicted octanol–water partition coefficient (Wildman–Crippen LogP) is 9.96. The molecular formula is C34H29NO. The zero-order valence-electron chi connectivity index (χ0n) is 20.9. The van der Waals surface area contributed by atoms with Crippen LogP contribution in [-0.4, -0.2) is 0 Å². The first kappa shape index (κ1) is 22.2. The maximum absolute atomic E-state index is 6.52. The maximum atomic E-state index is 6.52. The minimum absolute atomic E-state index is 0.0779. The van der Waals surface area contributed by atoms with Gasteiger partial charge < -0.3 is 9.73 Å². The lowest BCUT2D eigenvalue weighted by atomic mass is 9.83. The summed E-state index contributed by atoms with van der Waals surface area (Å²) >= 11 is 0. The third-order valence-corrected chi connectivity index (χ3v) is 6.80. The minimum atomic E-state index is -0.0779. The molecule has 0 bridgehead atoms. The molecule has 0 saturated heterocycles. The number of nitrogens with one attached hydrogen (secondary N) is 1. The molecule has 36 heavy (non-hydrogen) atoms. The Kier molecular flexibility index (Phi) is 5.38. The molecule has 176 valence electrons. The second kappa shape index (κ2) is 8.73. The van der Waals surface area contributed by atoms with E-state index in [0.29, 0.717) is 0 Å². The molecule has 0 spiro atoms. The summed E-state index contributed by atoms with van der Waals surface area (Å²) in [7, 11) is 0. The van der Waals surface area contributed by atoms with Crippen molar-refractivity contribution in [3.05, 3.63) is 121 Å². The molecule has 0 radical (unpaired) electrons. The molecule has 1 aromatic heterocycles. The Hall–Kier alpha value is -4.30. The minimum Gasteiger partial charge on any atom is -0.456 e. The summed E-state index contributed by atoms with van der Waals surface area (Å²) in [4.78, 5) is 0. The van der Waals surface area contributed by atoms with Gasteiger partial charge in [-0.1, -0.05) is 112 Å². The number of hydrogen-bond donors (Lipinski definition) is 1. The summed E-state index contributed by atoms with van der Waals surface area (Å²) in [5, 5.41) is 6.04. The van der Waals surface area contributed by atoms with Gasteiger partial charge in [0.2, 0.25) is 0 Å². The highest BCUT2D eigenvalue weighted by atomic mass is 16.3. The molecule has 6 aromatic rings. The van der Waals surface area contributed by atoms with Crippen LogP contribution in [-0.2, 0) is 5.41 Å². The van der Waals surface area contributed by atoms with Crippen LogP contribution in [0, 0.1) is 0 Å². The first-order valence-electron chi connectivity index (χ1n) is 12.5. The van der Waals surface area contributed by atoms with Crippen LogP contribution in [0.25, 0.3) is 44.2 Å². The van der Waals surface area contributed by atoms with E-state index >= 15 is 0 Å². The van der Waals surface area contributed by atoms with Gasteiger partial charge in [-0.25, -0.2) is 0 Å². The summed E-state index contributed by atoms with van der Waals surface area (Å²) in [5.41, 5.74) is 9.87. The van der Waals surface area contributed by atoms with E-state index in [0.717, 1.165) is 33.3 Å². The fourth-order valence-electron chi connectivity index (χ4n) is 4.95. The van der Waals surface area contributed by atoms with Crippen LogP contribution in [0.15, 0.2) is 120 Å². The van der Waals surface area contributed by atoms with Gasteiger partial charge in [0.1, 0.15) is 11.2 Å². The van der Waals surface area contributed by atoms with Gasteiger partial charge in [0.05, 0.1) is 11.1 Å². The van der Waals surface area contributed by atoms with Gasteiger partial charge in [-0.3, -0.25) is 0 Å². The van der Waals surface area contributed by atoms with Crippen LogP contribution >= 0.6 is 0 Å². The molecule has 0 fully saturated rings. The number of fused-ring (bicyclic) bond motifs is 3. The molecule has 0 amide bonds. The van der Waals surface area contributed by atoms with Crippen molar-refractivity contribution in [2.75, 3.05) is 5.32 Å². The molecule has 6 rings (SSSR count). The summed E-state index contributed by atoms with van der Waals surface area (Å²) in [5.74, 6) is 0. The molecule has 0 atom stereocenters. The molecule has 2 heteroatoms. The van der Waals surface area contributed by atoms with Crippen LogP contribution in [0.5, 0.6) is 0 Å². The van der Waals surface area contributed by atoms with Crippen molar-refractivity contribution in [1.82, 2.24) is 0 Å². The van der Waals surface area contributed by atoms with E-state index in [4.69, 9.17) is 4.42 Å². The van der Waals surface area contributed by atoms with Crippen molar-refractivity contribution in [2.45, 2.75) is 26.2 Å². The summed E-state index contributed by atoms with van der Waals surface area (Å²) in [6.07, 6.45) is 0. The van der Waals surface area contributed by atoms with E-state index in [2.05, 4.69) is 129 Å². The van der Waals surface area contributed by atoms with Gasteiger partial charge in [-0.2, -0.15) is 0 Å². The highest BCUT2D eigenvalue weighted by Gasteiger charge is 2.26. The number of hydrogen-bond acceptors (Lipinski definition) is 2. The van der Waals surface area contributed by atoms with E-state index in [9.17, 15) is 0 Å². The van der Waals surface area contributed by atoms with Gasteiger partial charge in [-0.05, 0) is 46.4 Å². The van der Waals surface area contributed by atoms with Crippen molar-refractivity contribution in [3.63, 3.8) is 0 Å². The molecule has 1 heterocycles. The summed E-state index contributed by atoms with van der Waals surface area (Å²) < 4.78 is 6.52. The van der Waals surface area contributed by atoms with E-state index in [-0.39, 0.29) is 5.41 Å². The highest BCUT2D eigenvalue weighted by molar-refractivity contribution is 6.16. The molecule has 5 aromatic carbocycles. The van der Waals surface area contributed by atoms with Crippen molar-refractivity contribution in [1.29, 1.82) is 0 Å². The number of benzene rings is 5. The Labute approximate surface area is 212 Å². The average Bonchev–Trinajstić information content (AvgIpc) is 3.29. The molecule has 0 aliphatic rings. The quantitative estimate of drug-likeness (QED) is 0.279. The molecule has 0 saturated carbocycles. The van der Waals surface area contributed by atoms with Crippen molar-refractivity contribution >= 4 is 33.3 Å². The lowest BCUT2D eigenvalue weighted by molar-refractivity contribution is 0.573. The number of rotatable bonds is 4. The number of para-hydroxylation sites is 1. The first-order valence-corrected chi connectivity index (χ1v) is 12.5. The molecule has 0 aliphatic carbocycles. The Morgan fingerprint density at radius 1 is 0.611 bits per heavy atom. The monoisotopic (exact) mass is 467 g/mol. The van der Waals surface area contributed by atoms with Crippen LogP contribution in [0.4, 0.5) is 11.4 Å². The molecular weight excluding hydrogens is 438 g/mol. The second-order valence-electron chi connectivity index (χ2n) is 10.3. The van der Waals surface area contributed by atoms with Crippen LogP contribution < -0.4 is 5.32 Å². The Bertz CT molecular complexity index is 1650. The molecule has 2 nitrogen and oxygen atoms in total. The summed E-state index contributed by atoms with van der Waals surface area (Å²) in [6.45, 7) is 6.75. The number of anilines is 2. The zero-order valence-corrected chi connectivity index (χ0v) is 20.9. The van der Waals surface area contributed by atoms with E-state index in [1.165, 1.54) is 27.8 Å². The smallest absolute Gasteiger partial charge is 0.141 e.